The van der Waals surface area contributed by atoms with Gasteiger partial charge in [-0.3, -0.25) is 4.79 Å². The normalized spacial score (nSPS) is 13.2. The second kappa shape index (κ2) is 7.75. The number of aliphatic hydroxyl groups excluding tert-OH is 1. The van der Waals surface area contributed by atoms with Crippen LogP contribution in [0.5, 0.6) is 0 Å². The molecule has 0 aromatic rings. The first-order valence-electron chi connectivity index (χ1n) is 4.56. The highest BCUT2D eigenvalue weighted by molar-refractivity contribution is 5.87. The van der Waals surface area contributed by atoms with Crippen LogP contribution in [0.25, 0.3) is 0 Å². The highest BCUT2D eigenvalue weighted by Crippen LogP contribution is 1.89. The zero-order chi connectivity index (χ0) is 11.7. The lowest BCUT2D eigenvalue weighted by molar-refractivity contribution is -0.147. The molecule has 0 aromatic heterocycles. The topological polar surface area (TPSA) is 86.6 Å². The van der Waals surface area contributed by atoms with Gasteiger partial charge >= 0.3 is 5.97 Å². The van der Waals surface area contributed by atoms with Gasteiger partial charge in [-0.1, -0.05) is 18.2 Å². The fraction of sp³-hybridized carbons (Fsp3) is 0.400. The number of hydrogen-bond acceptors (Lipinski definition) is 3. The maximum atomic E-state index is 11.0. The van der Waals surface area contributed by atoms with E-state index >= 15 is 0 Å². The molecular weight excluding hydrogens is 198 g/mol. The van der Waals surface area contributed by atoms with Gasteiger partial charge in [-0.2, -0.15) is 0 Å². The third-order valence-electron chi connectivity index (χ3n) is 1.55. The summed E-state index contributed by atoms with van der Waals surface area (Å²) in [5.41, 5.74) is 0. The standard InChI is InChI=1S/C10H15NO4/c1-2-3-4-5-9(13)11-7-6-8(12)10(14)15/h2-5,8,12H,6-7H2,1H3,(H,11,13)(H,14,15)/t8-/m0/s1. The number of aliphatic hydroxyl groups is 1. The average Bonchev–Trinajstić information content (AvgIpc) is 2.18. The number of carbonyl (C=O) groups excluding carboxylic acids is 1. The number of aliphatic carboxylic acids is 1. The van der Waals surface area contributed by atoms with Crippen LogP contribution in [0, 0.1) is 0 Å². The molecule has 0 radical (unpaired) electrons. The van der Waals surface area contributed by atoms with Crippen LogP contribution in [0.4, 0.5) is 0 Å². The Morgan fingerprint density at radius 1 is 1.40 bits per heavy atom. The molecule has 84 valence electrons. The van der Waals surface area contributed by atoms with E-state index in [0.29, 0.717) is 0 Å². The first-order valence-corrected chi connectivity index (χ1v) is 4.56. The Balaban J connectivity index is 3.68. The molecule has 0 bridgehead atoms. The molecule has 0 spiro atoms. The van der Waals surface area contributed by atoms with Crippen molar-refractivity contribution in [1.82, 2.24) is 5.32 Å². The Kier molecular flexibility index (Phi) is 6.92. The van der Waals surface area contributed by atoms with Crippen LogP contribution < -0.4 is 5.32 Å². The van der Waals surface area contributed by atoms with E-state index in [4.69, 9.17) is 10.2 Å². The van der Waals surface area contributed by atoms with Gasteiger partial charge in [0.15, 0.2) is 6.10 Å². The number of carboxylic acid groups (broad SMARTS) is 1. The van der Waals surface area contributed by atoms with Gasteiger partial charge in [0, 0.05) is 19.0 Å². The SMILES string of the molecule is CC=CC=CC(=O)NCC[C@H](O)C(=O)O. The molecule has 3 N–H and O–H groups in total. The lowest BCUT2D eigenvalue weighted by atomic mass is 10.2. The number of nitrogens with one attached hydrogen (secondary N) is 1. The first kappa shape index (κ1) is 13.4. The minimum atomic E-state index is -1.43. The van der Waals surface area contributed by atoms with Crippen molar-refractivity contribution in [2.75, 3.05) is 6.54 Å². The summed E-state index contributed by atoms with van der Waals surface area (Å²) in [4.78, 5) is 21.2. The van der Waals surface area contributed by atoms with Crippen molar-refractivity contribution in [2.24, 2.45) is 0 Å². The second-order valence-corrected chi connectivity index (χ2v) is 2.82. The molecule has 0 heterocycles. The van der Waals surface area contributed by atoms with Gasteiger partial charge in [-0.15, -0.1) is 0 Å². The summed E-state index contributed by atoms with van der Waals surface area (Å²) in [6, 6.07) is 0. The Labute approximate surface area is 88.1 Å². The van der Waals surface area contributed by atoms with Crippen LogP contribution in [0.1, 0.15) is 13.3 Å². The molecule has 0 unspecified atom stereocenters. The van der Waals surface area contributed by atoms with E-state index in [1.807, 2.05) is 6.92 Å². The molecule has 5 nitrogen and oxygen atoms in total. The third kappa shape index (κ3) is 7.45. The van der Waals surface area contributed by atoms with E-state index in [2.05, 4.69) is 5.32 Å². The summed E-state index contributed by atoms with van der Waals surface area (Å²) in [5, 5.41) is 19.7. The second-order valence-electron chi connectivity index (χ2n) is 2.82. The van der Waals surface area contributed by atoms with Crippen LogP contribution in [0.2, 0.25) is 0 Å². The van der Waals surface area contributed by atoms with E-state index < -0.39 is 12.1 Å². The number of rotatable bonds is 6. The maximum absolute atomic E-state index is 11.0. The molecule has 1 amide bonds. The molecule has 0 saturated heterocycles. The highest BCUT2D eigenvalue weighted by atomic mass is 16.4. The number of carboxylic acids is 1. The zero-order valence-electron chi connectivity index (χ0n) is 8.51. The summed E-state index contributed by atoms with van der Waals surface area (Å²) in [5.74, 6) is -1.60. The smallest absolute Gasteiger partial charge is 0.332 e. The Hall–Kier alpha value is -1.62. The lowest BCUT2D eigenvalue weighted by Crippen LogP contribution is -2.28. The number of amides is 1. The van der Waals surface area contributed by atoms with Gasteiger partial charge in [0.1, 0.15) is 0 Å². The van der Waals surface area contributed by atoms with E-state index in [0.717, 1.165) is 0 Å². The van der Waals surface area contributed by atoms with Gasteiger partial charge in [-0.05, 0) is 6.92 Å². The predicted molar refractivity (Wildman–Crippen MR) is 55.2 cm³/mol. The predicted octanol–water partition coefficient (Wildman–Crippen LogP) is 0.0705. The molecule has 0 rings (SSSR count). The van der Waals surface area contributed by atoms with Crippen molar-refractivity contribution in [3.05, 3.63) is 24.3 Å². The third-order valence-corrected chi connectivity index (χ3v) is 1.55. The molecule has 0 fully saturated rings. The summed E-state index contributed by atoms with van der Waals surface area (Å²) in [6.45, 7) is 1.96. The fourth-order valence-corrected chi connectivity index (χ4v) is 0.769. The van der Waals surface area contributed by atoms with Crippen LogP contribution in [0.3, 0.4) is 0 Å². The molecule has 0 aliphatic carbocycles. The molecule has 0 saturated carbocycles. The molecule has 0 aliphatic heterocycles. The van der Waals surface area contributed by atoms with Crippen LogP contribution >= 0.6 is 0 Å². The van der Waals surface area contributed by atoms with Crippen molar-refractivity contribution >= 4 is 11.9 Å². The van der Waals surface area contributed by atoms with Gasteiger partial charge in [0.25, 0.3) is 0 Å². The number of hydrogen-bond donors (Lipinski definition) is 3. The summed E-state index contributed by atoms with van der Waals surface area (Å²) in [7, 11) is 0. The van der Waals surface area contributed by atoms with Crippen molar-refractivity contribution in [3.63, 3.8) is 0 Å². The Bertz CT molecular complexity index is 271. The summed E-state index contributed by atoms with van der Waals surface area (Å²) < 4.78 is 0. The van der Waals surface area contributed by atoms with E-state index in [-0.39, 0.29) is 18.9 Å². The fourth-order valence-electron chi connectivity index (χ4n) is 0.769. The number of allylic oxidation sites excluding steroid dienone is 3. The van der Waals surface area contributed by atoms with Gasteiger partial charge in [-0.25, -0.2) is 4.79 Å². The zero-order valence-corrected chi connectivity index (χ0v) is 8.51. The van der Waals surface area contributed by atoms with E-state index in [9.17, 15) is 9.59 Å². The quantitative estimate of drug-likeness (QED) is 0.430. The van der Waals surface area contributed by atoms with Gasteiger partial charge < -0.3 is 15.5 Å². The molecule has 15 heavy (non-hydrogen) atoms. The Morgan fingerprint density at radius 2 is 2.07 bits per heavy atom. The minimum absolute atomic E-state index is 0.00146. The van der Waals surface area contributed by atoms with E-state index in [1.54, 1.807) is 18.2 Å². The number of carbonyl (C=O) groups is 2. The van der Waals surface area contributed by atoms with Gasteiger partial charge in [0.05, 0.1) is 0 Å². The maximum Gasteiger partial charge on any atom is 0.332 e. The summed E-state index contributed by atoms with van der Waals surface area (Å²) >= 11 is 0. The van der Waals surface area contributed by atoms with Crippen molar-refractivity contribution in [1.29, 1.82) is 0 Å². The largest absolute Gasteiger partial charge is 0.479 e. The van der Waals surface area contributed by atoms with Gasteiger partial charge in [0.2, 0.25) is 5.91 Å². The van der Waals surface area contributed by atoms with Crippen molar-refractivity contribution in [3.8, 4) is 0 Å². The van der Waals surface area contributed by atoms with Crippen molar-refractivity contribution in [2.45, 2.75) is 19.4 Å². The molecule has 5 heteroatoms. The van der Waals surface area contributed by atoms with Crippen LogP contribution in [0.15, 0.2) is 24.3 Å². The van der Waals surface area contributed by atoms with E-state index in [1.165, 1.54) is 6.08 Å². The minimum Gasteiger partial charge on any atom is -0.479 e. The first-order chi connectivity index (χ1) is 7.07. The summed E-state index contributed by atoms with van der Waals surface area (Å²) in [6.07, 6.45) is 4.95. The monoisotopic (exact) mass is 213 g/mol. The average molecular weight is 213 g/mol. The van der Waals surface area contributed by atoms with Crippen molar-refractivity contribution < 1.29 is 19.8 Å². The van der Waals surface area contributed by atoms with Crippen LogP contribution in [-0.2, 0) is 9.59 Å². The molecular formula is C10H15NO4. The molecule has 1 atom stereocenters. The van der Waals surface area contributed by atoms with Crippen LogP contribution in [-0.4, -0.2) is 34.7 Å². The molecule has 0 aromatic carbocycles. The molecule has 0 aliphatic rings. The lowest BCUT2D eigenvalue weighted by Gasteiger charge is -2.04. The Morgan fingerprint density at radius 3 is 2.60 bits per heavy atom. The highest BCUT2D eigenvalue weighted by Gasteiger charge is 2.11.